The van der Waals surface area contributed by atoms with Crippen LogP contribution in [0.15, 0.2) is 58.9 Å². The highest BCUT2D eigenvalue weighted by Gasteiger charge is 2.43. The zero-order valence-electron chi connectivity index (χ0n) is 21.4. The Morgan fingerprint density at radius 1 is 1.06 bits per heavy atom. The smallest absolute Gasteiger partial charge is 0.254 e. The molecule has 2 N–H and O–H groups in total. The van der Waals surface area contributed by atoms with Crippen LogP contribution in [0.5, 0.6) is 17.2 Å². The van der Waals surface area contributed by atoms with Crippen LogP contribution in [0.25, 0.3) is 0 Å². The number of Topliss-reactive ketones (excluding diaryl/α,β-unsaturated/α-hetero) is 1. The summed E-state index contributed by atoms with van der Waals surface area (Å²) in [4.78, 5) is 27.2. The van der Waals surface area contributed by atoms with Gasteiger partial charge in [-0.15, -0.1) is 0 Å². The average Bonchev–Trinajstić information content (AvgIpc) is 2.81. The first kappa shape index (κ1) is 25.3. The van der Waals surface area contributed by atoms with Gasteiger partial charge in [0.05, 0.1) is 21.3 Å². The van der Waals surface area contributed by atoms with Gasteiger partial charge in [-0.2, -0.15) is 0 Å². The van der Waals surface area contributed by atoms with Crippen LogP contribution in [-0.4, -0.2) is 33.0 Å². The van der Waals surface area contributed by atoms with Crippen molar-refractivity contribution in [3.63, 3.8) is 0 Å². The molecule has 0 radical (unpaired) electrons. The van der Waals surface area contributed by atoms with Crippen LogP contribution in [-0.2, 0) is 9.59 Å². The van der Waals surface area contributed by atoms with Crippen molar-refractivity contribution >= 4 is 17.4 Å². The molecule has 0 unspecified atom stereocenters. The number of nitrogens with one attached hydrogen (secondary N) is 2. The van der Waals surface area contributed by atoms with Crippen LogP contribution in [0, 0.1) is 11.2 Å². The van der Waals surface area contributed by atoms with E-state index in [4.69, 9.17) is 14.2 Å². The van der Waals surface area contributed by atoms with Gasteiger partial charge in [0.1, 0.15) is 5.82 Å². The molecule has 0 fully saturated rings. The van der Waals surface area contributed by atoms with Crippen molar-refractivity contribution in [2.45, 2.75) is 39.5 Å². The molecule has 0 spiro atoms. The van der Waals surface area contributed by atoms with Gasteiger partial charge in [-0.1, -0.05) is 19.9 Å². The highest BCUT2D eigenvalue weighted by Crippen LogP contribution is 2.49. The molecule has 0 aromatic heterocycles. The fraction of sp³-hybridized carbons (Fsp3) is 0.357. The van der Waals surface area contributed by atoms with E-state index in [9.17, 15) is 14.0 Å². The number of carbonyl (C=O) groups excluding carboxylic acids is 2. The number of ether oxygens (including phenoxy) is 3. The molecule has 1 aliphatic carbocycles. The van der Waals surface area contributed by atoms with Crippen LogP contribution in [0.4, 0.5) is 10.1 Å². The normalized spacial score (nSPS) is 18.9. The molecule has 1 amide bonds. The quantitative estimate of drug-likeness (QED) is 0.582. The van der Waals surface area contributed by atoms with Crippen molar-refractivity contribution in [2.24, 2.45) is 5.41 Å². The number of ketones is 1. The van der Waals surface area contributed by atoms with Crippen molar-refractivity contribution in [2.75, 3.05) is 26.6 Å². The lowest BCUT2D eigenvalue weighted by molar-refractivity contribution is -0.118. The minimum Gasteiger partial charge on any atom is -0.493 e. The van der Waals surface area contributed by atoms with Crippen LogP contribution in [0.1, 0.15) is 45.1 Å². The second kappa shape index (κ2) is 9.68. The van der Waals surface area contributed by atoms with Crippen molar-refractivity contribution in [3.05, 3.63) is 70.3 Å². The van der Waals surface area contributed by atoms with Crippen LogP contribution < -0.4 is 24.8 Å². The van der Waals surface area contributed by atoms with E-state index in [0.717, 1.165) is 5.70 Å². The standard InChI is InChI=1S/C28H31FN2O5/c1-15-23(27(33)31-18-9-7-8-17(29)12-18)24(25-19(30-15)13-28(2,3)14-20(25)32)16-10-21(34-4)26(36-6)22(11-16)35-5/h7-12,24,30H,13-14H2,1-6H3,(H,31,33)/t24-/m1/s1. The SMILES string of the molecule is COc1cc([C@@H]2C(C(=O)Nc3cccc(F)c3)=C(C)NC3=C2C(=O)CC(C)(C)C3)cc(OC)c1OC. The van der Waals surface area contributed by atoms with Gasteiger partial charge >= 0.3 is 0 Å². The van der Waals surface area contributed by atoms with Gasteiger partial charge in [-0.25, -0.2) is 4.39 Å². The molecule has 4 rings (SSSR count). The summed E-state index contributed by atoms with van der Waals surface area (Å²) in [6, 6.07) is 9.21. The first-order valence-electron chi connectivity index (χ1n) is 11.7. The van der Waals surface area contributed by atoms with Gasteiger partial charge in [0.25, 0.3) is 5.91 Å². The van der Waals surface area contributed by atoms with Gasteiger partial charge in [0, 0.05) is 40.6 Å². The van der Waals surface area contributed by atoms with Crippen molar-refractivity contribution in [3.8, 4) is 17.2 Å². The average molecular weight is 495 g/mol. The number of hydrogen-bond acceptors (Lipinski definition) is 6. The Morgan fingerprint density at radius 2 is 1.72 bits per heavy atom. The highest BCUT2D eigenvalue weighted by atomic mass is 19.1. The number of dihydropyridines is 1. The number of allylic oxidation sites excluding steroid dienone is 3. The summed E-state index contributed by atoms with van der Waals surface area (Å²) in [5.74, 6) is -0.375. The van der Waals surface area contributed by atoms with Crippen molar-refractivity contribution < 1.29 is 28.2 Å². The summed E-state index contributed by atoms with van der Waals surface area (Å²) in [6.45, 7) is 5.91. The lowest BCUT2D eigenvalue weighted by atomic mass is 9.68. The van der Waals surface area contributed by atoms with Gasteiger partial charge in [0.2, 0.25) is 5.75 Å². The molecule has 190 valence electrons. The second-order valence-corrected chi connectivity index (χ2v) is 9.85. The monoisotopic (exact) mass is 494 g/mol. The maximum Gasteiger partial charge on any atom is 0.254 e. The van der Waals surface area contributed by atoms with Crippen LogP contribution in [0.2, 0.25) is 0 Å². The minimum atomic E-state index is -0.688. The Hall–Kier alpha value is -3.81. The van der Waals surface area contributed by atoms with E-state index in [1.807, 2.05) is 0 Å². The Labute approximate surface area is 210 Å². The maximum absolute atomic E-state index is 13.8. The highest BCUT2D eigenvalue weighted by molar-refractivity contribution is 6.10. The number of halogens is 1. The summed E-state index contributed by atoms with van der Waals surface area (Å²) in [6.07, 6.45) is 1.01. The maximum atomic E-state index is 13.8. The molecule has 1 atom stereocenters. The van der Waals surface area contributed by atoms with E-state index in [-0.39, 0.29) is 11.2 Å². The second-order valence-electron chi connectivity index (χ2n) is 9.85. The van der Waals surface area contributed by atoms with E-state index < -0.39 is 17.6 Å². The minimum absolute atomic E-state index is 0.0314. The molecule has 7 nitrogen and oxygen atoms in total. The predicted molar refractivity (Wildman–Crippen MR) is 135 cm³/mol. The van der Waals surface area contributed by atoms with Gasteiger partial charge in [-0.3, -0.25) is 9.59 Å². The number of hydrogen-bond donors (Lipinski definition) is 2. The van der Waals surface area contributed by atoms with Gasteiger partial charge in [-0.05, 0) is 54.7 Å². The fourth-order valence-corrected chi connectivity index (χ4v) is 5.10. The number of amides is 1. The largest absolute Gasteiger partial charge is 0.493 e. The van der Waals surface area contributed by atoms with E-state index in [2.05, 4.69) is 24.5 Å². The predicted octanol–water partition coefficient (Wildman–Crippen LogP) is 5.09. The summed E-state index contributed by atoms with van der Waals surface area (Å²) in [7, 11) is 4.54. The molecule has 2 aromatic rings. The Morgan fingerprint density at radius 3 is 2.31 bits per heavy atom. The fourth-order valence-electron chi connectivity index (χ4n) is 5.10. The molecular weight excluding hydrogens is 463 g/mol. The third kappa shape index (κ3) is 4.67. The topological polar surface area (TPSA) is 85.9 Å². The molecular formula is C28H31FN2O5. The number of carbonyl (C=O) groups is 2. The van der Waals surface area contributed by atoms with Crippen molar-refractivity contribution in [1.82, 2.24) is 5.32 Å². The first-order chi connectivity index (χ1) is 17.1. The molecule has 0 saturated heterocycles. The zero-order chi connectivity index (χ0) is 26.2. The first-order valence-corrected chi connectivity index (χ1v) is 11.7. The molecule has 0 bridgehead atoms. The molecule has 8 heteroatoms. The number of rotatable bonds is 6. The lowest BCUT2D eigenvalue weighted by Gasteiger charge is -2.39. The molecule has 2 aliphatic rings. The van der Waals surface area contributed by atoms with Gasteiger partial charge in [0.15, 0.2) is 17.3 Å². The summed E-state index contributed by atoms with van der Waals surface area (Å²) in [5, 5.41) is 6.12. The number of anilines is 1. The number of methoxy groups -OCH3 is 3. The van der Waals surface area contributed by atoms with Crippen molar-refractivity contribution in [1.29, 1.82) is 0 Å². The summed E-state index contributed by atoms with van der Waals surface area (Å²) < 4.78 is 30.4. The Kier molecular flexibility index (Phi) is 6.80. The van der Waals surface area contributed by atoms with E-state index in [0.29, 0.717) is 58.2 Å². The van der Waals surface area contributed by atoms with Crippen LogP contribution in [0.3, 0.4) is 0 Å². The van der Waals surface area contributed by atoms with Crippen LogP contribution >= 0.6 is 0 Å². The third-order valence-electron chi connectivity index (χ3n) is 6.59. The van der Waals surface area contributed by atoms with E-state index in [1.165, 1.54) is 39.5 Å². The van der Waals surface area contributed by atoms with Gasteiger partial charge < -0.3 is 24.8 Å². The molecule has 2 aromatic carbocycles. The number of benzene rings is 2. The molecule has 1 heterocycles. The summed E-state index contributed by atoms with van der Waals surface area (Å²) >= 11 is 0. The van der Waals surface area contributed by atoms with E-state index >= 15 is 0 Å². The Bertz CT molecular complexity index is 1270. The molecule has 0 saturated carbocycles. The molecule has 1 aliphatic heterocycles. The zero-order valence-corrected chi connectivity index (χ0v) is 21.4. The summed E-state index contributed by atoms with van der Waals surface area (Å²) in [5.41, 5.74) is 3.07. The Balaban J connectivity index is 1.90. The third-order valence-corrected chi connectivity index (χ3v) is 6.59. The molecule has 36 heavy (non-hydrogen) atoms. The lowest BCUT2D eigenvalue weighted by Crippen LogP contribution is -2.39. The van der Waals surface area contributed by atoms with E-state index in [1.54, 1.807) is 25.1 Å².